The molecular formula is C9H14F2N4O. The molecule has 1 amide bonds. The summed E-state index contributed by atoms with van der Waals surface area (Å²) in [7, 11) is 0. The Labute approximate surface area is 91.6 Å². The van der Waals surface area contributed by atoms with E-state index in [4.69, 9.17) is 5.73 Å². The molecule has 1 heterocycles. The zero-order valence-corrected chi connectivity index (χ0v) is 9.08. The van der Waals surface area contributed by atoms with Gasteiger partial charge in [-0.15, -0.1) is 5.10 Å². The number of carbonyl (C=O) groups excluding carboxylic acids is 1. The number of hydrogen-bond donors (Lipinski definition) is 2. The lowest BCUT2D eigenvalue weighted by Crippen LogP contribution is -2.33. The number of nitrogens with two attached hydrogens (primary N) is 1. The molecular weight excluding hydrogens is 218 g/mol. The third-order valence-corrected chi connectivity index (χ3v) is 2.16. The number of anilines is 1. The molecule has 1 aromatic rings. The molecule has 1 rings (SSSR count). The lowest BCUT2D eigenvalue weighted by atomic mass is 10.2. The predicted octanol–water partition coefficient (Wildman–Crippen LogP) is 1.39. The first-order valence-corrected chi connectivity index (χ1v) is 4.89. The number of carbonyl (C=O) groups is 1. The highest BCUT2D eigenvalue weighted by Crippen LogP contribution is 2.15. The number of nitrogen functional groups attached to an aromatic ring is 1. The van der Waals surface area contributed by atoms with Crippen LogP contribution in [0.2, 0.25) is 0 Å². The Morgan fingerprint density at radius 2 is 2.31 bits per heavy atom. The summed E-state index contributed by atoms with van der Waals surface area (Å²) in [6.45, 7) is 0.781. The molecule has 0 spiro atoms. The Hall–Kier alpha value is -1.66. The van der Waals surface area contributed by atoms with E-state index in [1.54, 1.807) is 6.92 Å². The summed E-state index contributed by atoms with van der Waals surface area (Å²) >= 11 is 0. The van der Waals surface area contributed by atoms with Crippen LogP contribution in [-0.4, -0.2) is 21.7 Å². The summed E-state index contributed by atoms with van der Waals surface area (Å²) in [4.78, 5) is 11.6. The minimum Gasteiger partial charge on any atom is -0.382 e. The van der Waals surface area contributed by atoms with Crippen molar-refractivity contribution < 1.29 is 13.6 Å². The van der Waals surface area contributed by atoms with Crippen molar-refractivity contribution in [2.24, 2.45) is 0 Å². The first-order chi connectivity index (χ1) is 7.45. The van der Waals surface area contributed by atoms with Crippen LogP contribution in [0.15, 0.2) is 6.07 Å². The molecule has 7 heteroatoms. The van der Waals surface area contributed by atoms with Crippen molar-refractivity contribution in [2.75, 3.05) is 5.73 Å². The molecule has 1 atom stereocenters. The largest absolute Gasteiger partial charge is 0.382 e. The smallest absolute Gasteiger partial charge is 0.334 e. The maximum absolute atomic E-state index is 12.5. The number of amides is 1. The van der Waals surface area contributed by atoms with E-state index in [9.17, 15) is 13.6 Å². The number of nitrogens with zero attached hydrogens (tertiary/aromatic N) is 2. The molecule has 1 unspecified atom stereocenters. The molecule has 0 aliphatic rings. The summed E-state index contributed by atoms with van der Waals surface area (Å²) < 4.78 is 25.3. The second-order valence-corrected chi connectivity index (χ2v) is 3.46. The quantitative estimate of drug-likeness (QED) is 0.823. The molecule has 0 aromatic carbocycles. The fourth-order valence-electron chi connectivity index (χ4n) is 1.13. The Bertz CT molecular complexity index is 378. The summed E-state index contributed by atoms with van der Waals surface area (Å²) in [5, 5.41) is 5.91. The number of hydrogen-bond acceptors (Lipinski definition) is 3. The normalized spacial score (nSPS) is 12.8. The van der Waals surface area contributed by atoms with Crippen LogP contribution in [0.3, 0.4) is 0 Å². The lowest BCUT2D eigenvalue weighted by molar-refractivity contribution is 0.0510. The minimum atomic E-state index is -2.88. The Balaban J connectivity index is 2.90. The molecule has 0 radical (unpaired) electrons. The molecule has 3 N–H and O–H groups in total. The van der Waals surface area contributed by atoms with Gasteiger partial charge in [-0.2, -0.15) is 13.5 Å². The maximum atomic E-state index is 12.5. The van der Waals surface area contributed by atoms with E-state index in [1.807, 2.05) is 6.92 Å². The molecule has 0 aliphatic heterocycles. The highest BCUT2D eigenvalue weighted by molar-refractivity contribution is 5.93. The molecule has 0 saturated carbocycles. The number of aromatic nitrogens is 2. The van der Waals surface area contributed by atoms with Crippen molar-refractivity contribution in [1.82, 2.24) is 15.1 Å². The Morgan fingerprint density at radius 3 is 2.81 bits per heavy atom. The number of alkyl halides is 2. The van der Waals surface area contributed by atoms with Gasteiger partial charge in [0.2, 0.25) is 0 Å². The fraction of sp³-hybridized carbons (Fsp3) is 0.556. The van der Waals surface area contributed by atoms with E-state index in [0.717, 1.165) is 6.07 Å². The van der Waals surface area contributed by atoms with Crippen LogP contribution in [0.25, 0.3) is 0 Å². The molecule has 1 aromatic heterocycles. The first-order valence-electron chi connectivity index (χ1n) is 4.89. The lowest BCUT2D eigenvalue weighted by Gasteiger charge is -2.11. The van der Waals surface area contributed by atoms with Crippen LogP contribution in [0.4, 0.5) is 14.6 Å². The van der Waals surface area contributed by atoms with E-state index in [0.29, 0.717) is 11.1 Å². The van der Waals surface area contributed by atoms with Crippen molar-refractivity contribution in [2.45, 2.75) is 32.9 Å². The SMILES string of the molecule is CCC(C)NC(=O)c1cc(N)nn1C(F)F. The van der Waals surface area contributed by atoms with Gasteiger partial charge in [-0.3, -0.25) is 4.79 Å². The number of halogens is 2. The average molecular weight is 232 g/mol. The number of rotatable bonds is 4. The minimum absolute atomic E-state index is 0.0882. The molecule has 0 fully saturated rings. The number of nitrogens with one attached hydrogen (secondary N) is 1. The molecule has 0 aliphatic carbocycles. The topological polar surface area (TPSA) is 72.9 Å². The second kappa shape index (κ2) is 4.91. The van der Waals surface area contributed by atoms with Gasteiger partial charge >= 0.3 is 6.55 Å². The van der Waals surface area contributed by atoms with E-state index in [-0.39, 0.29) is 17.6 Å². The van der Waals surface area contributed by atoms with Crippen molar-refractivity contribution in [3.8, 4) is 0 Å². The highest BCUT2D eigenvalue weighted by atomic mass is 19.3. The van der Waals surface area contributed by atoms with Crippen molar-refractivity contribution in [1.29, 1.82) is 0 Å². The van der Waals surface area contributed by atoms with E-state index < -0.39 is 12.5 Å². The van der Waals surface area contributed by atoms with Crippen LogP contribution in [0.5, 0.6) is 0 Å². The Kier molecular flexibility index (Phi) is 3.81. The Morgan fingerprint density at radius 1 is 1.69 bits per heavy atom. The van der Waals surface area contributed by atoms with Gasteiger partial charge < -0.3 is 11.1 Å². The molecule has 0 bridgehead atoms. The third-order valence-electron chi connectivity index (χ3n) is 2.16. The van der Waals surface area contributed by atoms with Crippen LogP contribution >= 0.6 is 0 Å². The van der Waals surface area contributed by atoms with Crippen LogP contribution in [0, 0.1) is 0 Å². The monoisotopic (exact) mass is 232 g/mol. The van der Waals surface area contributed by atoms with Gasteiger partial charge in [-0.25, -0.2) is 0 Å². The third kappa shape index (κ3) is 2.68. The summed E-state index contributed by atoms with van der Waals surface area (Å²) in [5.74, 6) is -0.701. The zero-order valence-electron chi connectivity index (χ0n) is 9.08. The summed E-state index contributed by atoms with van der Waals surface area (Å²) in [5.41, 5.74) is 5.04. The molecule has 5 nitrogen and oxygen atoms in total. The predicted molar refractivity (Wildman–Crippen MR) is 55.1 cm³/mol. The molecule has 16 heavy (non-hydrogen) atoms. The highest BCUT2D eigenvalue weighted by Gasteiger charge is 2.20. The second-order valence-electron chi connectivity index (χ2n) is 3.46. The van der Waals surface area contributed by atoms with Crippen molar-refractivity contribution >= 4 is 11.7 Å². The van der Waals surface area contributed by atoms with Crippen LogP contribution in [-0.2, 0) is 0 Å². The van der Waals surface area contributed by atoms with Crippen LogP contribution in [0.1, 0.15) is 37.3 Å². The van der Waals surface area contributed by atoms with Gasteiger partial charge in [-0.05, 0) is 13.3 Å². The average Bonchev–Trinajstić information content (AvgIpc) is 2.60. The van der Waals surface area contributed by atoms with Gasteiger partial charge in [0, 0.05) is 12.1 Å². The van der Waals surface area contributed by atoms with Crippen LogP contribution < -0.4 is 11.1 Å². The van der Waals surface area contributed by atoms with Gasteiger partial charge in [0.15, 0.2) is 0 Å². The standard InChI is InChI=1S/C9H14F2N4O/c1-3-5(2)13-8(16)6-4-7(12)14-15(6)9(10)11/h4-5,9H,3H2,1-2H3,(H2,12,14)(H,13,16). The summed E-state index contributed by atoms with van der Waals surface area (Å²) in [6.07, 6.45) is 0.712. The van der Waals surface area contributed by atoms with Gasteiger partial charge in [0.05, 0.1) is 0 Å². The van der Waals surface area contributed by atoms with E-state index in [2.05, 4.69) is 10.4 Å². The molecule has 0 saturated heterocycles. The first kappa shape index (κ1) is 12.4. The van der Waals surface area contributed by atoms with E-state index >= 15 is 0 Å². The fourth-order valence-corrected chi connectivity index (χ4v) is 1.13. The molecule has 90 valence electrons. The van der Waals surface area contributed by atoms with Gasteiger partial charge in [-0.1, -0.05) is 6.92 Å². The van der Waals surface area contributed by atoms with E-state index in [1.165, 1.54) is 0 Å². The van der Waals surface area contributed by atoms with Crippen molar-refractivity contribution in [3.63, 3.8) is 0 Å². The maximum Gasteiger partial charge on any atom is 0.334 e. The zero-order chi connectivity index (χ0) is 12.3. The van der Waals surface area contributed by atoms with Gasteiger partial charge in [0.1, 0.15) is 11.5 Å². The summed E-state index contributed by atoms with van der Waals surface area (Å²) in [6, 6.07) is 1.04. The van der Waals surface area contributed by atoms with Crippen molar-refractivity contribution in [3.05, 3.63) is 11.8 Å². The van der Waals surface area contributed by atoms with Gasteiger partial charge in [0.25, 0.3) is 5.91 Å².